The molecule has 0 aliphatic heterocycles. The summed E-state index contributed by atoms with van der Waals surface area (Å²) in [4.78, 5) is 4.27. The minimum atomic E-state index is -0.317. The fourth-order valence-corrected chi connectivity index (χ4v) is 2.94. The van der Waals surface area contributed by atoms with E-state index in [1.807, 2.05) is 29.9 Å². The number of hydrogen-bond donors (Lipinski definition) is 2. The normalized spacial score (nSPS) is 15.9. The Kier molecular flexibility index (Phi) is 9.19. The SMILES string of the molecule is CN=C(NCC(C)Cn1cccn1)NC(C)c1ccc(OCC2CC2)c(F)c1.I. The molecular formula is C21H31FIN5O. The molecule has 0 amide bonds. The van der Waals surface area contributed by atoms with Crippen LogP contribution in [0, 0.1) is 17.7 Å². The van der Waals surface area contributed by atoms with Gasteiger partial charge in [0.1, 0.15) is 0 Å². The Morgan fingerprint density at radius 1 is 1.38 bits per heavy atom. The Balaban J connectivity index is 0.00000300. The topological polar surface area (TPSA) is 63.5 Å². The molecule has 2 aromatic rings. The molecule has 29 heavy (non-hydrogen) atoms. The minimum absolute atomic E-state index is 0. The molecular weight excluding hydrogens is 484 g/mol. The standard InChI is InChI=1S/C21H30FN5O.HI/c1-15(13-27-10-4-9-25-27)12-24-21(23-3)26-16(2)18-7-8-20(19(22)11-18)28-14-17-5-6-17;/h4,7-11,15-17H,5-6,12-14H2,1-3H3,(H2,23,24,26);1H. The number of halogens is 2. The van der Waals surface area contributed by atoms with Gasteiger partial charge < -0.3 is 15.4 Å². The minimum Gasteiger partial charge on any atom is -0.490 e. The lowest BCUT2D eigenvalue weighted by atomic mass is 10.1. The van der Waals surface area contributed by atoms with Crippen LogP contribution < -0.4 is 15.4 Å². The maximum absolute atomic E-state index is 14.3. The maximum atomic E-state index is 14.3. The summed E-state index contributed by atoms with van der Waals surface area (Å²) in [5.41, 5.74) is 0.851. The number of aromatic nitrogens is 2. The van der Waals surface area contributed by atoms with Crippen molar-refractivity contribution in [1.29, 1.82) is 0 Å². The number of aliphatic imine (C=N–C) groups is 1. The lowest BCUT2D eigenvalue weighted by Crippen LogP contribution is -2.41. The van der Waals surface area contributed by atoms with Gasteiger partial charge in [-0.25, -0.2) is 4.39 Å². The van der Waals surface area contributed by atoms with Crippen LogP contribution in [0.2, 0.25) is 0 Å². The maximum Gasteiger partial charge on any atom is 0.191 e. The molecule has 1 heterocycles. The Hall–Kier alpha value is -1.84. The highest BCUT2D eigenvalue weighted by Gasteiger charge is 2.22. The van der Waals surface area contributed by atoms with Crippen molar-refractivity contribution in [3.63, 3.8) is 0 Å². The second kappa shape index (κ2) is 11.4. The summed E-state index contributed by atoms with van der Waals surface area (Å²) in [6.45, 7) is 6.34. The summed E-state index contributed by atoms with van der Waals surface area (Å²) in [7, 11) is 1.73. The zero-order valence-corrected chi connectivity index (χ0v) is 19.6. The van der Waals surface area contributed by atoms with Crippen LogP contribution in [0.1, 0.15) is 38.3 Å². The molecule has 0 spiro atoms. The van der Waals surface area contributed by atoms with Gasteiger partial charge in [-0.15, -0.1) is 24.0 Å². The second-order valence-corrected chi connectivity index (χ2v) is 7.60. The lowest BCUT2D eigenvalue weighted by molar-refractivity contribution is 0.285. The van der Waals surface area contributed by atoms with Crippen molar-refractivity contribution in [2.75, 3.05) is 20.2 Å². The van der Waals surface area contributed by atoms with Gasteiger partial charge in [-0.3, -0.25) is 9.67 Å². The first kappa shape index (κ1) is 23.4. The number of rotatable bonds is 9. The Morgan fingerprint density at radius 2 is 2.17 bits per heavy atom. The van der Waals surface area contributed by atoms with Crippen LogP contribution in [0.3, 0.4) is 0 Å². The van der Waals surface area contributed by atoms with Crippen molar-refractivity contribution in [3.05, 3.63) is 48.0 Å². The van der Waals surface area contributed by atoms with E-state index < -0.39 is 0 Å². The van der Waals surface area contributed by atoms with Gasteiger partial charge in [0.25, 0.3) is 0 Å². The van der Waals surface area contributed by atoms with E-state index in [1.165, 1.54) is 18.9 Å². The molecule has 1 fully saturated rings. The van der Waals surface area contributed by atoms with Crippen LogP contribution in [0.4, 0.5) is 4.39 Å². The van der Waals surface area contributed by atoms with Crippen LogP contribution in [0.5, 0.6) is 5.75 Å². The quantitative estimate of drug-likeness (QED) is 0.301. The number of nitrogens with one attached hydrogen (secondary N) is 2. The summed E-state index contributed by atoms with van der Waals surface area (Å²) >= 11 is 0. The fourth-order valence-electron chi connectivity index (χ4n) is 2.94. The van der Waals surface area contributed by atoms with Crippen molar-refractivity contribution < 1.29 is 9.13 Å². The summed E-state index contributed by atoms with van der Waals surface area (Å²) in [5.74, 6) is 1.69. The van der Waals surface area contributed by atoms with Gasteiger partial charge in [-0.2, -0.15) is 5.10 Å². The third-order valence-electron chi connectivity index (χ3n) is 4.88. The van der Waals surface area contributed by atoms with Crippen molar-refractivity contribution >= 4 is 29.9 Å². The number of guanidine groups is 1. The van der Waals surface area contributed by atoms with E-state index in [1.54, 1.807) is 19.3 Å². The lowest BCUT2D eigenvalue weighted by Gasteiger charge is -2.20. The molecule has 1 aliphatic rings. The van der Waals surface area contributed by atoms with E-state index in [0.29, 0.717) is 30.2 Å². The first-order valence-electron chi connectivity index (χ1n) is 9.92. The van der Waals surface area contributed by atoms with Crippen LogP contribution in [-0.2, 0) is 6.54 Å². The van der Waals surface area contributed by atoms with Crippen LogP contribution >= 0.6 is 24.0 Å². The molecule has 8 heteroatoms. The second-order valence-electron chi connectivity index (χ2n) is 7.60. The highest BCUT2D eigenvalue weighted by Crippen LogP contribution is 2.30. The van der Waals surface area contributed by atoms with E-state index >= 15 is 0 Å². The number of nitrogens with zero attached hydrogens (tertiary/aromatic N) is 3. The third-order valence-corrected chi connectivity index (χ3v) is 4.88. The zero-order chi connectivity index (χ0) is 19.9. The molecule has 1 aliphatic carbocycles. The Morgan fingerprint density at radius 3 is 2.79 bits per heavy atom. The molecule has 0 saturated heterocycles. The van der Waals surface area contributed by atoms with Crippen molar-refractivity contribution in [2.45, 2.75) is 39.3 Å². The molecule has 2 N–H and O–H groups in total. The van der Waals surface area contributed by atoms with Gasteiger partial charge in [0, 0.05) is 32.5 Å². The molecule has 0 radical (unpaired) electrons. The molecule has 1 aromatic heterocycles. The number of hydrogen-bond acceptors (Lipinski definition) is 3. The molecule has 3 rings (SSSR count). The Labute approximate surface area is 189 Å². The molecule has 6 nitrogen and oxygen atoms in total. The van der Waals surface area contributed by atoms with Gasteiger partial charge in [-0.05, 0) is 55.4 Å². The smallest absolute Gasteiger partial charge is 0.191 e. The van der Waals surface area contributed by atoms with Gasteiger partial charge in [-0.1, -0.05) is 13.0 Å². The van der Waals surface area contributed by atoms with Gasteiger partial charge in [0.05, 0.1) is 12.6 Å². The summed E-state index contributed by atoms with van der Waals surface area (Å²) in [6, 6.07) is 6.99. The highest BCUT2D eigenvalue weighted by molar-refractivity contribution is 14.0. The summed E-state index contributed by atoms with van der Waals surface area (Å²) < 4.78 is 21.8. The van der Waals surface area contributed by atoms with E-state index in [9.17, 15) is 4.39 Å². The van der Waals surface area contributed by atoms with Crippen molar-refractivity contribution in [3.8, 4) is 5.75 Å². The molecule has 0 bridgehead atoms. The predicted octanol–water partition coefficient (Wildman–Crippen LogP) is 3.99. The zero-order valence-electron chi connectivity index (χ0n) is 17.3. The molecule has 2 atom stereocenters. The summed E-state index contributed by atoms with van der Waals surface area (Å²) in [6.07, 6.45) is 6.11. The Bertz CT molecular complexity index is 779. The fraction of sp³-hybridized carbons (Fsp3) is 0.524. The van der Waals surface area contributed by atoms with E-state index in [2.05, 4.69) is 27.6 Å². The van der Waals surface area contributed by atoms with Gasteiger partial charge >= 0.3 is 0 Å². The number of ether oxygens (including phenoxy) is 1. The predicted molar refractivity (Wildman–Crippen MR) is 124 cm³/mol. The first-order chi connectivity index (χ1) is 13.5. The number of benzene rings is 1. The molecule has 2 unspecified atom stereocenters. The average Bonchev–Trinajstić information content (AvgIpc) is 3.38. The van der Waals surface area contributed by atoms with E-state index in [4.69, 9.17) is 4.74 Å². The van der Waals surface area contributed by atoms with Crippen LogP contribution in [0.25, 0.3) is 0 Å². The summed E-state index contributed by atoms with van der Waals surface area (Å²) in [5, 5.41) is 10.9. The van der Waals surface area contributed by atoms with Crippen LogP contribution in [0.15, 0.2) is 41.7 Å². The van der Waals surface area contributed by atoms with E-state index in [-0.39, 0.29) is 35.8 Å². The third kappa shape index (κ3) is 7.49. The van der Waals surface area contributed by atoms with E-state index in [0.717, 1.165) is 18.7 Å². The van der Waals surface area contributed by atoms with Crippen molar-refractivity contribution in [2.24, 2.45) is 16.8 Å². The highest BCUT2D eigenvalue weighted by atomic mass is 127. The molecule has 1 aromatic carbocycles. The van der Waals surface area contributed by atoms with Crippen molar-refractivity contribution in [1.82, 2.24) is 20.4 Å². The molecule has 1 saturated carbocycles. The average molecular weight is 515 g/mol. The van der Waals surface area contributed by atoms with Gasteiger partial charge in [0.15, 0.2) is 17.5 Å². The molecule has 160 valence electrons. The van der Waals surface area contributed by atoms with Crippen LogP contribution in [-0.4, -0.2) is 35.9 Å². The largest absolute Gasteiger partial charge is 0.490 e. The monoisotopic (exact) mass is 515 g/mol. The van der Waals surface area contributed by atoms with Gasteiger partial charge in [0.2, 0.25) is 0 Å². The first-order valence-corrected chi connectivity index (χ1v) is 9.92.